The molecule has 1 atom stereocenters. The van der Waals surface area contributed by atoms with Crippen LogP contribution in [0.1, 0.15) is 44.9 Å². The summed E-state index contributed by atoms with van der Waals surface area (Å²) in [6, 6.07) is 0. The zero-order valence-electron chi connectivity index (χ0n) is 15.1. The number of hydrogen-bond acceptors (Lipinski definition) is 4. The quantitative estimate of drug-likeness (QED) is 0.813. The van der Waals surface area contributed by atoms with Crippen LogP contribution in [0.3, 0.4) is 0 Å². The minimum Gasteiger partial charge on any atom is -0.480 e. The fraction of sp³-hybridized carbons (Fsp3) is 0.833. The summed E-state index contributed by atoms with van der Waals surface area (Å²) in [6.07, 6.45) is 6.06. The van der Waals surface area contributed by atoms with Crippen molar-refractivity contribution in [1.29, 1.82) is 0 Å². The summed E-state index contributed by atoms with van der Waals surface area (Å²) in [6.45, 7) is 2.43. The minimum absolute atomic E-state index is 0.0908. The van der Waals surface area contributed by atoms with Gasteiger partial charge in [0.05, 0.1) is 0 Å². The summed E-state index contributed by atoms with van der Waals surface area (Å²) >= 11 is 0. The number of hydrogen-bond donors (Lipinski definition) is 1. The maximum absolute atomic E-state index is 12.8. The lowest BCUT2D eigenvalue weighted by molar-refractivity contribution is -0.144. The van der Waals surface area contributed by atoms with Crippen molar-refractivity contribution in [3.63, 3.8) is 0 Å². The molecule has 1 spiro atoms. The molecular weight excluding hydrogens is 322 g/mol. The minimum atomic E-state index is -0.973. The highest BCUT2D eigenvalue weighted by Crippen LogP contribution is 2.34. The molecule has 2 aliphatic heterocycles. The molecule has 0 aromatic rings. The molecule has 140 valence electrons. The van der Waals surface area contributed by atoms with Crippen LogP contribution >= 0.6 is 0 Å². The van der Waals surface area contributed by atoms with Crippen molar-refractivity contribution in [1.82, 2.24) is 14.7 Å². The van der Waals surface area contributed by atoms with Gasteiger partial charge in [-0.2, -0.15) is 0 Å². The van der Waals surface area contributed by atoms with Gasteiger partial charge in [-0.3, -0.25) is 19.3 Å². The molecular formula is C18H29N3O4. The molecule has 2 saturated heterocycles. The second-order valence-corrected chi connectivity index (χ2v) is 7.85. The molecule has 2 heterocycles. The number of carbonyl (C=O) groups excluding carboxylic acids is 2. The van der Waals surface area contributed by atoms with Crippen LogP contribution in [0.25, 0.3) is 0 Å². The van der Waals surface area contributed by atoms with Gasteiger partial charge in [-0.1, -0.05) is 12.8 Å². The normalized spacial score (nSPS) is 29.2. The van der Waals surface area contributed by atoms with Crippen LogP contribution in [0.4, 0.5) is 0 Å². The van der Waals surface area contributed by atoms with Gasteiger partial charge in [-0.25, -0.2) is 0 Å². The summed E-state index contributed by atoms with van der Waals surface area (Å²) in [5, 5.41) is 9.01. The van der Waals surface area contributed by atoms with Gasteiger partial charge in [0.25, 0.3) is 0 Å². The Hall–Kier alpha value is -1.63. The number of carbonyl (C=O) groups is 3. The molecule has 0 unspecified atom stereocenters. The Morgan fingerprint density at radius 1 is 1.16 bits per heavy atom. The molecule has 0 aromatic carbocycles. The summed E-state index contributed by atoms with van der Waals surface area (Å²) in [7, 11) is 2.06. The third-order valence-corrected chi connectivity index (χ3v) is 6.35. The first-order valence-corrected chi connectivity index (χ1v) is 9.41. The highest BCUT2D eigenvalue weighted by molar-refractivity contribution is 5.82. The molecule has 2 amide bonds. The van der Waals surface area contributed by atoms with Gasteiger partial charge in [-0.15, -0.1) is 0 Å². The second-order valence-electron chi connectivity index (χ2n) is 7.85. The Morgan fingerprint density at radius 2 is 1.88 bits per heavy atom. The summed E-state index contributed by atoms with van der Waals surface area (Å²) < 4.78 is 0. The number of amides is 2. The number of likely N-dealkylation sites (tertiary alicyclic amines) is 1. The number of likely N-dealkylation sites (N-methyl/N-ethyl adjacent to an activating group) is 1. The van der Waals surface area contributed by atoms with E-state index in [2.05, 4.69) is 11.9 Å². The van der Waals surface area contributed by atoms with Crippen LogP contribution in [0.15, 0.2) is 0 Å². The molecule has 7 heteroatoms. The van der Waals surface area contributed by atoms with Crippen LogP contribution < -0.4 is 0 Å². The highest BCUT2D eigenvalue weighted by Gasteiger charge is 2.44. The third-order valence-electron chi connectivity index (χ3n) is 6.35. The van der Waals surface area contributed by atoms with E-state index < -0.39 is 5.97 Å². The van der Waals surface area contributed by atoms with Crippen molar-refractivity contribution in [2.24, 2.45) is 5.92 Å². The van der Waals surface area contributed by atoms with E-state index in [1.807, 2.05) is 4.90 Å². The molecule has 25 heavy (non-hydrogen) atoms. The van der Waals surface area contributed by atoms with E-state index in [1.165, 1.54) is 4.90 Å². The van der Waals surface area contributed by atoms with Crippen molar-refractivity contribution in [3.8, 4) is 0 Å². The summed E-state index contributed by atoms with van der Waals surface area (Å²) in [5.74, 6) is -0.606. The lowest BCUT2D eigenvalue weighted by Crippen LogP contribution is -2.62. The van der Waals surface area contributed by atoms with Gasteiger partial charge >= 0.3 is 5.97 Å². The van der Waals surface area contributed by atoms with Crippen LogP contribution in [-0.4, -0.2) is 82.9 Å². The second kappa shape index (κ2) is 7.32. The van der Waals surface area contributed by atoms with Crippen LogP contribution in [0.2, 0.25) is 0 Å². The van der Waals surface area contributed by atoms with Gasteiger partial charge in [0, 0.05) is 44.1 Å². The van der Waals surface area contributed by atoms with E-state index in [-0.39, 0.29) is 29.8 Å². The molecule has 1 N–H and O–H groups in total. The third kappa shape index (κ3) is 3.81. The summed E-state index contributed by atoms with van der Waals surface area (Å²) in [4.78, 5) is 41.8. The fourth-order valence-electron chi connectivity index (χ4n) is 4.64. The van der Waals surface area contributed by atoms with E-state index in [9.17, 15) is 14.4 Å². The maximum Gasteiger partial charge on any atom is 0.323 e. The average Bonchev–Trinajstić information content (AvgIpc) is 3.07. The zero-order valence-corrected chi connectivity index (χ0v) is 15.1. The van der Waals surface area contributed by atoms with Crippen molar-refractivity contribution in [2.45, 2.75) is 50.5 Å². The number of nitrogens with zero attached hydrogens (tertiary/aromatic N) is 3. The molecule has 0 radical (unpaired) electrons. The number of carboxylic acid groups (broad SMARTS) is 1. The van der Waals surface area contributed by atoms with E-state index in [0.717, 1.165) is 45.2 Å². The predicted octanol–water partition coefficient (Wildman–Crippen LogP) is 0.787. The molecule has 0 aromatic heterocycles. The first kappa shape index (κ1) is 18.2. The van der Waals surface area contributed by atoms with Gasteiger partial charge < -0.3 is 14.9 Å². The van der Waals surface area contributed by atoms with Gasteiger partial charge in [0.1, 0.15) is 6.54 Å². The Balaban J connectivity index is 1.71. The topological polar surface area (TPSA) is 81.2 Å². The number of carboxylic acids is 1. The molecule has 3 fully saturated rings. The van der Waals surface area contributed by atoms with Gasteiger partial charge in [-0.05, 0) is 32.7 Å². The number of piperazine rings is 1. The molecule has 1 saturated carbocycles. The lowest BCUT2D eigenvalue weighted by Gasteiger charge is -2.49. The van der Waals surface area contributed by atoms with Crippen LogP contribution in [-0.2, 0) is 14.4 Å². The first-order valence-electron chi connectivity index (χ1n) is 9.41. The molecule has 3 aliphatic rings. The Morgan fingerprint density at radius 3 is 2.56 bits per heavy atom. The average molecular weight is 351 g/mol. The Bertz CT molecular complexity index is 546. The van der Waals surface area contributed by atoms with E-state index >= 15 is 0 Å². The molecule has 7 nitrogen and oxygen atoms in total. The van der Waals surface area contributed by atoms with Crippen molar-refractivity contribution >= 4 is 17.8 Å². The van der Waals surface area contributed by atoms with E-state index in [0.29, 0.717) is 25.9 Å². The first-order chi connectivity index (χ1) is 11.9. The van der Waals surface area contributed by atoms with Crippen molar-refractivity contribution < 1.29 is 19.5 Å². The number of rotatable bonds is 3. The maximum atomic E-state index is 12.8. The van der Waals surface area contributed by atoms with Gasteiger partial charge in [0.15, 0.2) is 0 Å². The summed E-state index contributed by atoms with van der Waals surface area (Å²) in [5.41, 5.74) is -0.213. The zero-order chi connectivity index (χ0) is 18.0. The SMILES string of the molecule is CN1CCN(C(=O)C2CCCC2)C[C@]12CCC(=O)N(CC(=O)O)CC2. The van der Waals surface area contributed by atoms with Gasteiger partial charge in [0.2, 0.25) is 11.8 Å². The monoisotopic (exact) mass is 351 g/mol. The Labute approximate surface area is 148 Å². The van der Waals surface area contributed by atoms with E-state index in [1.54, 1.807) is 0 Å². The van der Waals surface area contributed by atoms with E-state index in [4.69, 9.17) is 5.11 Å². The Kier molecular flexibility index (Phi) is 5.32. The standard InChI is InChI=1S/C18H29N3O4/c1-19-10-11-21(17(25)14-4-2-3-5-14)13-18(19)7-6-15(22)20(9-8-18)12-16(23)24/h14H,2-13H2,1H3,(H,23,24)/t18-/m1/s1. The number of aliphatic carboxylic acids is 1. The lowest BCUT2D eigenvalue weighted by atomic mass is 9.85. The molecule has 0 bridgehead atoms. The highest BCUT2D eigenvalue weighted by atomic mass is 16.4. The largest absolute Gasteiger partial charge is 0.480 e. The van der Waals surface area contributed by atoms with Crippen molar-refractivity contribution in [2.75, 3.05) is 39.8 Å². The molecule has 1 aliphatic carbocycles. The van der Waals surface area contributed by atoms with Crippen molar-refractivity contribution in [3.05, 3.63) is 0 Å². The smallest absolute Gasteiger partial charge is 0.323 e. The van der Waals surface area contributed by atoms with Crippen LogP contribution in [0.5, 0.6) is 0 Å². The van der Waals surface area contributed by atoms with Crippen LogP contribution in [0, 0.1) is 5.92 Å². The molecule has 3 rings (SSSR count). The fourth-order valence-corrected chi connectivity index (χ4v) is 4.64. The predicted molar refractivity (Wildman–Crippen MR) is 92.0 cm³/mol.